The molecule has 3 aromatic rings. The molecule has 1 saturated carbocycles. The van der Waals surface area contributed by atoms with Crippen LogP contribution in [0.4, 0.5) is 26.2 Å². The van der Waals surface area contributed by atoms with E-state index in [2.05, 4.69) is 29.4 Å². The number of rotatable bonds is 8. The smallest absolute Gasteiger partial charge is 0.336 e. The van der Waals surface area contributed by atoms with Gasteiger partial charge >= 0.3 is 12.0 Å². The van der Waals surface area contributed by atoms with Gasteiger partial charge in [0.15, 0.2) is 0 Å². The zero-order valence-corrected chi connectivity index (χ0v) is 22.4. The summed E-state index contributed by atoms with van der Waals surface area (Å²) in [6.45, 7) is 5.12. The van der Waals surface area contributed by atoms with Crippen molar-refractivity contribution in [1.82, 2.24) is 0 Å². The molecule has 0 spiro atoms. The van der Waals surface area contributed by atoms with Crippen molar-refractivity contribution in [1.29, 1.82) is 0 Å². The van der Waals surface area contributed by atoms with Crippen molar-refractivity contribution < 1.29 is 19.1 Å². The number of amides is 2. The molecule has 1 aliphatic carbocycles. The molecule has 2 amide bonds. The number of hydrogen-bond acceptors (Lipinski definition) is 3. The Labute approximate surface area is 227 Å². The van der Waals surface area contributed by atoms with Gasteiger partial charge in [-0.2, -0.15) is 0 Å². The molecule has 1 fully saturated rings. The molecule has 0 heterocycles. The molecule has 8 heteroatoms. The van der Waals surface area contributed by atoms with Crippen molar-refractivity contribution in [2.45, 2.75) is 52.0 Å². The van der Waals surface area contributed by atoms with Gasteiger partial charge in [0.25, 0.3) is 0 Å². The van der Waals surface area contributed by atoms with Gasteiger partial charge in [0, 0.05) is 17.6 Å². The van der Waals surface area contributed by atoms with E-state index >= 15 is 0 Å². The molecule has 200 valence electrons. The normalized spacial score (nSPS) is 13.8. The standard InChI is InChI=1S/C30H33ClFN3O3/c1-19(2)18-35(22-8-4-3-5-9-22)28-15-12-20(23-14-13-21(31)17-24(23)29(36)37)16-27(28)34-30(38)33-26-11-7-6-10-25(26)32/h6-7,10-17,19,22H,3-5,8-9,18H2,1-2H3,(H,36,37)(H2,33,34,38). The fourth-order valence-corrected chi connectivity index (χ4v) is 5.24. The molecule has 4 rings (SSSR count). The summed E-state index contributed by atoms with van der Waals surface area (Å²) < 4.78 is 14.2. The molecule has 0 bridgehead atoms. The Hall–Kier alpha value is -3.58. The molecule has 0 saturated heterocycles. The van der Waals surface area contributed by atoms with Gasteiger partial charge in [-0.25, -0.2) is 14.0 Å². The van der Waals surface area contributed by atoms with Crippen LogP contribution in [0.5, 0.6) is 0 Å². The number of nitrogens with one attached hydrogen (secondary N) is 2. The van der Waals surface area contributed by atoms with Gasteiger partial charge < -0.3 is 20.6 Å². The predicted octanol–water partition coefficient (Wildman–Crippen LogP) is 8.28. The van der Waals surface area contributed by atoms with Gasteiger partial charge in [-0.1, -0.05) is 69.0 Å². The number of halogens is 2. The Kier molecular flexibility index (Phi) is 8.89. The fraction of sp³-hybridized carbons (Fsp3) is 0.333. The summed E-state index contributed by atoms with van der Waals surface area (Å²) in [5.74, 6) is -1.25. The average molecular weight is 538 g/mol. The molecular weight excluding hydrogens is 505 g/mol. The zero-order chi connectivity index (χ0) is 27.2. The van der Waals surface area contributed by atoms with E-state index in [1.807, 2.05) is 12.1 Å². The largest absolute Gasteiger partial charge is 0.478 e. The Bertz CT molecular complexity index is 1310. The maximum atomic E-state index is 14.2. The van der Waals surface area contributed by atoms with E-state index in [1.165, 1.54) is 24.6 Å². The average Bonchev–Trinajstić information content (AvgIpc) is 2.89. The molecule has 0 atom stereocenters. The number of urea groups is 1. The number of carbonyl (C=O) groups is 2. The second-order valence-corrected chi connectivity index (χ2v) is 10.6. The number of para-hydroxylation sites is 1. The summed E-state index contributed by atoms with van der Waals surface area (Å²) in [5.41, 5.74) is 2.62. The van der Waals surface area contributed by atoms with E-state index in [9.17, 15) is 19.1 Å². The summed E-state index contributed by atoms with van der Waals surface area (Å²) in [7, 11) is 0. The number of carbonyl (C=O) groups excluding carboxylic acids is 1. The van der Waals surface area contributed by atoms with Crippen molar-refractivity contribution in [2.75, 3.05) is 22.1 Å². The first-order valence-electron chi connectivity index (χ1n) is 13.0. The topological polar surface area (TPSA) is 81.7 Å². The van der Waals surface area contributed by atoms with Crippen LogP contribution in [-0.2, 0) is 0 Å². The Morgan fingerprint density at radius 3 is 2.39 bits per heavy atom. The van der Waals surface area contributed by atoms with Gasteiger partial charge in [-0.05, 0) is 66.3 Å². The highest BCUT2D eigenvalue weighted by Crippen LogP contribution is 2.37. The fourth-order valence-electron chi connectivity index (χ4n) is 5.07. The van der Waals surface area contributed by atoms with Gasteiger partial charge in [-0.3, -0.25) is 0 Å². The number of benzene rings is 3. The SMILES string of the molecule is CC(C)CN(c1ccc(-c2ccc(Cl)cc2C(=O)O)cc1NC(=O)Nc1ccccc1F)C1CCCCC1. The van der Waals surface area contributed by atoms with Crippen molar-refractivity contribution in [2.24, 2.45) is 5.92 Å². The van der Waals surface area contributed by atoms with Gasteiger partial charge in [0.1, 0.15) is 5.82 Å². The van der Waals surface area contributed by atoms with Crippen LogP contribution < -0.4 is 15.5 Å². The van der Waals surface area contributed by atoms with Gasteiger partial charge in [0.2, 0.25) is 0 Å². The lowest BCUT2D eigenvalue weighted by molar-refractivity contribution is 0.0697. The lowest BCUT2D eigenvalue weighted by Gasteiger charge is -2.38. The molecule has 0 unspecified atom stereocenters. The van der Waals surface area contributed by atoms with Crippen molar-refractivity contribution >= 4 is 40.7 Å². The van der Waals surface area contributed by atoms with Crippen LogP contribution in [-0.4, -0.2) is 29.7 Å². The van der Waals surface area contributed by atoms with E-state index in [0.29, 0.717) is 33.8 Å². The molecule has 0 aliphatic heterocycles. The number of carboxylic acid groups (broad SMARTS) is 1. The first-order chi connectivity index (χ1) is 18.2. The number of anilines is 3. The second-order valence-electron chi connectivity index (χ2n) is 10.1. The lowest BCUT2D eigenvalue weighted by Crippen LogP contribution is -2.40. The van der Waals surface area contributed by atoms with Crippen molar-refractivity contribution in [3.63, 3.8) is 0 Å². The minimum absolute atomic E-state index is 0.0679. The van der Waals surface area contributed by atoms with Crippen molar-refractivity contribution in [3.8, 4) is 11.1 Å². The molecule has 0 radical (unpaired) electrons. The summed E-state index contributed by atoms with van der Waals surface area (Å²) in [5, 5.41) is 15.6. The molecular formula is C30H33ClFN3O3. The summed E-state index contributed by atoms with van der Waals surface area (Å²) >= 11 is 6.07. The monoisotopic (exact) mass is 537 g/mol. The minimum atomic E-state index is -1.10. The third-order valence-corrected chi connectivity index (χ3v) is 7.01. The highest BCUT2D eigenvalue weighted by Gasteiger charge is 2.25. The Morgan fingerprint density at radius 2 is 1.71 bits per heavy atom. The lowest BCUT2D eigenvalue weighted by atomic mass is 9.92. The number of carboxylic acids is 1. The van der Waals surface area contributed by atoms with Gasteiger partial charge in [-0.15, -0.1) is 0 Å². The van der Waals surface area contributed by atoms with E-state index in [4.69, 9.17) is 11.6 Å². The number of nitrogens with zero attached hydrogens (tertiary/aromatic N) is 1. The van der Waals surface area contributed by atoms with Crippen LogP contribution >= 0.6 is 11.6 Å². The highest BCUT2D eigenvalue weighted by molar-refractivity contribution is 6.31. The van der Waals surface area contributed by atoms with E-state index in [1.54, 1.807) is 30.3 Å². The summed E-state index contributed by atoms with van der Waals surface area (Å²) in [6, 6.07) is 16.0. The second kappa shape index (κ2) is 12.3. The molecule has 38 heavy (non-hydrogen) atoms. The van der Waals surface area contributed by atoms with Crippen LogP contribution in [0.1, 0.15) is 56.3 Å². The summed E-state index contributed by atoms with van der Waals surface area (Å²) in [6.07, 6.45) is 5.66. The van der Waals surface area contributed by atoms with Crippen LogP contribution in [0.3, 0.4) is 0 Å². The Balaban J connectivity index is 1.77. The predicted molar refractivity (Wildman–Crippen MR) is 152 cm³/mol. The third-order valence-electron chi connectivity index (χ3n) is 6.78. The minimum Gasteiger partial charge on any atom is -0.478 e. The molecule has 3 N–H and O–H groups in total. The quantitative estimate of drug-likeness (QED) is 0.270. The van der Waals surface area contributed by atoms with E-state index in [-0.39, 0.29) is 11.3 Å². The molecule has 0 aromatic heterocycles. The number of hydrogen-bond donors (Lipinski definition) is 3. The first kappa shape index (κ1) is 27.5. The van der Waals surface area contributed by atoms with E-state index in [0.717, 1.165) is 37.9 Å². The van der Waals surface area contributed by atoms with Crippen LogP contribution in [0.2, 0.25) is 5.02 Å². The molecule has 1 aliphatic rings. The zero-order valence-electron chi connectivity index (χ0n) is 21.6. The molecule has 3 aromatic carbocycles. The van der Waals surface area contributed by atoms with Gasteiger partial charge in [0.05, 0.1) is 22.6 Å². The van der Waals surface area contributed by atoms with Crippen LogP contribution in [0.15, 0.2) is 60.7 Å². The van der Waals surface area contributed by atoms with Crippen LogP contribution in [0, 0.1) is 11.7 Å². The van der Waals surface area contributed by atoms with E-state index < -0.39 is 17.8 Å². The molecule has 6 nitrogen and oxygen atoms in total. The summed E-state index contributed by atoms with van der Waals surface area (Å²) in [4.78, 5) is 27.4. The first-order valence-corrected chi connectivity index (χ1v) is 13.4. The van der Waals surface area contributed by atoms with Crippen molar-refractivity contribution in [3.05, 3.63) is 77.1 Å². The maximum Gasteiger partial charge on any atom is 0.336 e. The maximum absolute atomic E-state index is 14.2. The Morgan fingerprint density at radius 1 is 1.00 bits per heavy atom. The third kappa shape index (κ3) is 6.64. The number of aromatic carboxylic acids is 1. The highest BCUT2D eigenvalue weighted by atomic mass is 35.5. The van der Waals surface area contributed by atoms with Crippen LogP contribution in [0.25, 0.3) is 11.1 Å².